The quantitative estimate of drug-likeness (QED) is 0.670. The van der Waals surface area contributed by atoms with Crippen molar-refractivity contribution in [3.8, 4) is 0 Å². The topological polar surface area (TPSA) is 96.9 Å². The Balaban J connectivity index is 1.60. The number of aryl methyl sites for hydroxylation is 1. The Bertz CT molecular complexity index is 719. The Morgan fingerprint density at radius 2 is 1.81 bits per heavy atom. The molecular formula is C18H28N4O5. The van der Waals surface area contributed by atoms with Gasteiger partial charge in [-0.2, -0.15) is 0 Å². The molecule has 1 N–H and O–H groups in total. The zero-order chi connectivity index (χ0) is 19.1. The highest BCUT2D eigenvalue weighted by Crippen LogP contribution is 2.16. The first-order chi connectivity index (χ1) is 13.1. The maximum Gasteiger partial charge on any atom is 0.328 e. The molecule has 2 aliphatic heterocycles. The van der Waals surface area contributed by atoms with E-state index in [0.717, 1.165) is 45.7 Å². The van der Waals surface area contributed by atoms with E-state index in [1.165, 1.54) is 16.8 Å². The van der Waals surface area contributed by atoms with Crippen molar-refractivity contribution < 1.29 is 14.3 Å². The Hall–Kier alpha value is -1.97. The fourth-order valence-electron chi connectivity index (χ4n) is 3.56. The SMILES string of the molecule is O=C(CCn1ccc(=O)[nH]c1=O)N(CCN1CCOCC1)C1CCOCC1. The third kappa shape index (κ3) is 5.75. The molecule has 150 valence electrons. The molecule has 2 saturated heterocycles. The standard InChI is InChI=1S/C18H28N4O5/c23-16-1-5-21(18(25)19-16)6-2-17(24)22(15-3-11-26-12-4-15)8-7-20-9-13-27-14-10-20/h1,5,15H,2-4,6-14H2,(H,19,23,25). The second kappa shape index (κ2) is 9.82. The van der Waals surface area contributed by atoms with Crippen LogP contribution in [0, 0.1) is 0 Å². The lowest BCUT2D eigenvalue weighted by Gasteiger charge is -2.36. The summed E-state index contributed by atoms with van der Waals surface area (Å²) in [7, 11) is 0. The summed E-state index contributed by atoms with van der Waals surface area (Å²) < 4.78 is 12.2. The number of rotatable bonds is 7. The van der Waals surface area contributed by atoms with Crippen molar-refractivity contribution in [2.24, 2.45) is 0 Å². The van der Waals surface area contributed by atoms with E-state index in [9.17, 15) is 14.4 Å². The van der Waals surface area contributed by atoms with Gasteiger partial charge in [-0.15, -0.1) is 0 Å². The van der Waals surface area contributed by atoms with Gasteiger partial charge in [-0.1, -0.05) is 0 Å². The van der Waals surface area contributed by atoms with Gasteiger partial charge in [0.15, 0.2) is 0 Å². The molecule has 0 spiro atoms. The van der Waals surface area contributed by atoms with Crippen LogP contribution >= 0.6 is 0 Å². The van der Waals surface area contributed by atoms with Crippen LogP contribution in [-0.2, 0) is 20.8 Å². The van der Waals surface area contributed by atoms with Gasteiger partial charge in [0.05, 0.1) is 13.2 Å². The Morgan fingerprint density at radius 3 is 2.52 bits per heavy atom. The van der Waals surface area contributed by atoms with E-state index in [2.05, 4.69) is 9.88 Å². The van der Waals surface area contributed by atoms with Gasteiger partial charge < -0.3 is 18.9 Å². The van der Waals surface area contributed by atoms with E-state index in [-0.39, 0.29) is 24.9 Å². The van der Waals surface area contributed by atoms with Crippen LogP contribution in [0.3, 0.4) is 0 Å². The molecule has 2 aliphatic rings. The van der Waals surface area contributed by atoms with Crippen LogP contribution in [0.2, 0.25) is 0 Å². The molecule has 0 bridgehead atoms. The van der Waals surface area contributed by atoms with E-state index >= 15 is 0 Å². The highest BCUT2D eigenvalue weighted by molar-refractivity contribution is 5.76. The molecule has 3 rings (SSSR count). The first-order valence-electron chi connectivity index (χ1n) is 9.60. The fraction of sp³-hybridized carbons (Fsp3) is 0.722. The third-order valence-electron chi connectivity index (χ3n) is 5.18. The number of carbonyl (C=O) groups is 1. The van der Waals surface area contributed by atoms with Gasteiger partial charge in [0.1, 0.15) is 0 Å². The molecule has 0 saturated carbocycles. The predicted molar refractivity (Wildman–Crippen MR) is 98.8 cm³/mol. The van der Waals surface area contributed by atoms with Crippen LogP contribution in [0.5, 0.6) is 0 Å². The van der Waals surface area contributed by atoms with Gasteiger partial charge in [0.25, 0.3) is 5.56 Å². The number of nitrogens with one attached hydrogen (secondary N) is 1. The summed E-state index contributed by atoms with van der Waals surface area (Å²) in [5.74, 6) is 0.0354. The first kappa shape index (κ1) is 19.8. The van der Waals surface area contributed by atoms with Crippen LogP contribution < -0.4 is 11.2 Å². The van der Waals surface area contributed by atoms with Gasteiger partial charge in [-0.05, 0) is 12.8 Å². The normalized spacial score (nSPS) is 19.1. The molecular weight excluding hydrogens is 352 g/mol. The molecule has 0 aromatic carbocycles. The van der Waals surface area contributed by atoms with Crippen molar-refractivity contribution in [3.05, 3.63) is 33.1 Å². The van der Waals surface area contributed by atoms with E-state index in [1.54, 1.807) is 0 Å². The van der Waals surface area contributed by atoms with Crippen LogP contribution in [0.1, 0.15) is 19.3 Å². The number of hydrogen-bond donors (Lipinski definition) is 1. The monoisotopic (exact) mass is 380 g/mol. The zero-order valence-electron chi connectivity index (χ0n) is 15.6. The van der Waals surface area contributed by atoms with E-state index < -0.39 is 11.2 Å². The molecule has 9 heteroatoms. The molecule has 1 amide bonds. The zero-order valence-corrected chi connectivity index (χ0v) is 15.6. The van der Waals surface area contributed by atoms with E-state index in [0.29, 0.717) is 19.8 Å². The summed E-state index contributed by atoms with van der Waals surface area (Å²) in [4.78, 5) is 42.4. The molecule has 1 aromatic heterocycles. The maximum atomic E-state index is 12.9. The number of H-pyrrole nitrogens is 1. The Labute approximate surface area is 157 Å². The molecule has 2 fully saturated rings. The predicted octanol–water partition coefficient (Wildman–Crippen LogP) is -0.733. The fourth-order valence-corrected chi connectivity index (χ4v) is 3.56. The third-order valence-corrected chi connectivity index (χ3v) is 5.18. The van der Waals surface area contributed by atoms with Gasteiger partial charge in [0, 0.05) is 70.7 Å². The van der Waals surface area contributed by atoms with Crippen molar-refractivity contribution in [3.63, 3.8) is 0 Å². The lowest BCUT2D eigenvalue weighted by atomic mass is 10.1. The lowest BCUT2D eigenvalue weighted by molar-refractivity contribution is -0.136. The van der Waals surface area contributed by atoms with Gasteiger partial charge in [0.2, 0.25) is 5.91 Å². The van der Waals surface area contributed by atoms with Crippen molar-refractivity contribution in [2.45, 2.75) is 31.8 Å². The molecule has 0 unspecified atom stereocenters. The van der Waals surface area contributed by atoms with Crippen LogP contribution in [0.4, 0.5) is 0 Å². The van der Waals surface area contributed by atoms with Crippen molar-refractivity contribution >= 4 is 5.91 Å². The van der Waals surface area contributed by atoms with Gasteiger partial charge in [-0.25, -0.2) is 4.79 Å². The maximum absolute atomic E-state index is 12.9. The van der Waals surface area contributed by atoms with Gasteiger partial charge >= 0.3 is 5.69 Å². The van der Waals surface area contributed by atoms with Crippen LogP contribution in [0.15, 0.2) is 21.9 Å². The number of aromatic amines is 1. The summed E-state index contributed by atoms with van der Waals surface area (Å²) in [6.45, 7) is 6.35. The molecule has 9 nitrogen and oxygen atoms in total. The van der Waals surface area contributed by atoms with E-state index in [1.807, 2.05) is 4.90 Å². The highest BCUT2D eigenvalue weighted by Gasteiger charge is 2.26. The Morgan fingerprint density at radius 1 is 1.11 bits per heavy atom. The number of amides is 1. The molecule has 0 radical (unpaired) electrons. The van der Waals surface area contributed by atoms with Crippen LogP contribution in [-0.4, -0.2) is 83.9 Å². The number of ether oxygens (including phenoxy) is 2. The first-order valence-corrected chi connectivity index (χ1v) is 9.60. The largest absolute Gasteiger partial charge is 0.381 e. The lowest BCUT2D eigenvalue weighted by Crippen LogP contribution is -2.48. The number of carbonyl (C=O) groups excluding carboxylic acids is 1. The molecule has 0 atom stereocenters. The molecule has 1 aromatic rings. The summed E-state index contributed by atoms with van der Waals surface area (Å²) in [6, 6.07) is 1.47. The summed E-state index contributed by atoms with van der Waals surface area (Å²) in [5, 5.41) is 0. The number of hydrogen-bond acceptors (Lipinski definition) is 6. The minimum atomic E-state index is -0.485. The second-order valence-electron chi connectivity index (χ2n) is 6.94. The molecule has 3 heterocycles. The second-order valence-corrected chi connectivity index (χ2v) is 6.94. The molecule has 27 heavy (non-hydrogen) atoms. The smallest absolute Gasteiger partial charge is 0.328 e. The average molecular weight is 380 g/mol. The Kier molecular flexibility index (Phi) is 7.19. The highest BCUT2D eigenvalue weighted by atomic mass is 16.5. The number of nitrogens with zero attached hydrogens (tertiary/aromatic N) is 3. The summed E-state index contributed by atoms with van der Waals surface area (Å²) in [5.41, 5.74) is -0.918. The minimum absolute atomic E-state index is 0.0354. The number of morpholine rings is 1. The summed E-state index contributed by atoms with van der Waals surface area (Å²) in [6.07, 6.45) is 3.34. The van der Waals surface area contributed by atoms with Crippen molar-refractivity contribution in [2.75, 3.05) is 52.6 Å². The van der Waals surface area contributed by atoms with Crippen LogP contribution in [0.25, 0.3) is 0 Å². The minimum Gasteiger partial charge on any atom is -0.381 e. The molecule has 0 aliphatic carbocycles. The van der Waals surface area contributed by atoms with Crippen molar-refractivity contribution in [1.29, 1.82) is 0 Å². The average Bonchev–Trinajstić information content (AvgIpc) is 2.69. The van der Waals surface area contributed by atoms with E-state index in [4.69, 9.17) is 9.47 Å². The van der Waals surface area contributed by atoms with Gasteiger partial charge in [-0.3, -0.25) is 19.5 Å². The number of aromatic nitrogens is 2. The van der Waals surface area contributed by atoms with Crippen molar-refractivity contribution in [1.82, 2.24) is 19.4 Å². The summed E-state index contributed by atoms with van der Waals surface area (Å²) >= 11 is 0.